The van der Waals surface area contributed by atoms with Crippen LogP contribution < -0.4 is 10.6 Å². The van der Waals surface area contributed by atoms with Gasteiger partial charge < -0.3 is 15.6 Å². The van der Waals surface area contributed by atoms with Gasteiger partial charge in [-0.05, 0) is 63.6 Å². The summed E-state index contributed by atoms with van der Waals surface area (Å²) in [5.74, 6) is 1.02. The van der Waals surface area contributed by atoms with Crippen molar-refractivity contribution in [3.63, 3.8) is 0 Å². The number of nitrogens with one attached hydrogen (secondary N) is 3. The zero-order chi connectivity index (χ0) is 26.9. The standard InChI is InChI=1S/C28H25N9O/c1-16-7-8-18(36-27(38)19-9-11-30-13-21(19)28(3,4)14-29)12-22(16)37-25-20(6-5-10-31-25)23-24-26(33-15-32-23)35-17(2)34-24/h5-13,15H,1-4H3,(H,31,37)(H,36,38)(H,32,33,34,35). The highest BCUT2D eigenvalue weighted by Gasteiger charge is 2.26. The van der Waals surface area contributed by atoms with E-state index in [0.717, 1.165) is 28.2 Å². The maximum atomic E-state index is 13.2. The normalized spacial score (nSPS) is 11.2. The molecule has 3 N–H and O–H groups in total. The predicted octanol–water partition coefficient (Wildman–Crippen LogP) is 5.22. The average molecular weight is 504 g/mol. The van der Waals surface area contributed by atoms with E-state index in [2.05, 4.69) is 46.6 Å². The largest absolute Gasteiger partial charge is 0.339 e. The number of imidazole rings is 1. The van der Waals surface area contributed by atoms with Crippen molar-refractivity contribution < 1.29 is 4.79 Å². The second kappa shape index (κ2) is 9.71. The lowest BCUT2D eigenvalue weighted by Crippen LogP contribution is -2.22. The summed E-state index contributed by atoms with van der Waals surface area (Å²) in [6.07, 6.45) is 6.29. The number of aromatic amines is 1. The number of aromatic nitrogens is 6. The zero-order valence-electron chi connectivity index (χ0n) is 21.4. The van der Waals surface area contributed by atoms with Crippen molar-refractivity contribution in [2.45, 2.75) is 33.1 Å². The van der Waals surface area contributed by atoms with E-state index >= 15 is 0 Å². The van der Waals surface area contributed by atoms with Crippen LogP contribution in [0.4, 0.5) is 17.2 Å². The zero-order valence-corrected chi connectivity index (χ0v) is 21.4. The third-order valence-electron chi connectivity index (χ3n) is 6.24. The van der Waals surface area contributed by atoms with Crippen LogP contribution in [0.3, 0.4) is 0 Å². The summed E-state index contributed by atoms with van der Waals surface area (Å²) in [6, 6.07) is 13.2. The number of H-pyrrole nitrogens is 1. The summed E-state index contributed by atoms with van der Waals surface area (Å²) >= 11 is 0. The van der Waals surface area contributed by atoms with Crippen molar-refractivity contribution in [2.75, 3.05) is 10.6 Å². The van der Waals surface area contributed by atoms with Gasteiger partial charge in [-0.3, -0.25) is 9.78 Å². The van der Waals surface area contributed by atoms with E-state index in [-0.39, 0.29) is 5.91 Å². The number of carbonyl (C=O) groups excluding carboxylic acids is 1. The molecule has 4 heterocycles. The molecule has 1 amide bonds. The summed E-state index contributed by atoms with van der Waals surface area (Å²) in [5.41, 5.74) is 5.18. The quantitative estimate of drug-likeness (QED) is 0.286. The van der Waals surface area contributed by atoms with Crippen molar-refractivity contribution in [1.82, 2.24) is 29.9 Å². The molecule has 0 saturated heterocycles. The molecular weight excluding hydrogens is 478 g/mol. The maximum absolute atomic E-state index is 13.2. The Hall–Kier alpha value is -5.17. The first kappa shape index (κ1) is 24.5. The van der Waals surface area contributed by atoms with E-state index in [0.29, 0.717) is 34.0 Å². The van der Waals surface area contributed by atoms with Gasteiger partial charge in [-0.2, -0.15) is 5.26 Å². The van der Waals surface area contributed by atoms with Gasteiger partial charge in [0, 0.05) is 46.7 Å². The number of carbonyl (C=O) groups is 1. The van der Waals surface area contributed by atoms with Gasteiger partial charge in [-0.15, -0.1) is 0 Å². The molecule has 0 aliphatic rings. The Kier molecular flexibility index (Phi) is 6.26. The highest BCUT2D eigenvalue weighted by atomic mass is 16.1. The van der Waals surface area contributed by atoms with Gasteiger partial charge in [-0.1, -0.05) is 6.07 Å². The minimum absolute atomic E-state index is 0.322. The van der Waals surface area contributed by atoms with E-state index in [1.807, 2.05) is 44.2 Å². The lowest BCUT2D eigenvalue weighted by Gasteiger charge is -2.19. The molecule has 5 aromatic rings. The second-order valence-corrected chi connectivity index (χ2v) is 9.41. The molecule has 0 unspecified atom stereocenters. The highest BCUT2D eigenvalue weighted by molar-refractivity contribution is 6.06. The lowest BCUT2D eigenvalue weighted by atomic mass is 9.84. The van der Waals surface area contributed by atoms with E-state index < -0.39 is 5.41 Å². The van der Waals surface area contributed by atoms with Crippen LogP contribution in [0.1, 0.15) is 41.2 Å². The molecule has 0 bridgehead atoms. The van der Waals surface area contributed by atoms with Gasteiger partial charge in [-0.25, -0.2) is 19.9 Å². The van der Waals surface area contributed by atoms with Crippen LogP contribution in [0.15, 0.2) is 61.3 Å². The maximum Gasteiger partial charge on any atom is 0.256 e. The number of aryl methyl sites for hydroxylation is 2. The number of nitrogens with zero attached hydrogens (tertiary/aromatic N) is 6. The fourth-order valence-electron chi connectivity index (χ4n) is 4.16. The molecule has 10 nitrogen and oxygen atoms in total. The van der Waals surface area contributed by atoms with E-state index in [1.54, 1.807) is 38.5 Å². The van der Waals surface area contributed by atoms with Gasteiger partial charge in [0.15, 0.2) is 5.65 Å². The van der Waals surface area contributed by atoms with Crippen molar-refractivity contribution in [3.8, 4) is 17.3 Å². The molecular formula is C28H25N9O. The first-order valence-corrected chi connectivity index (χ1v) is 11.9. The van der Waals surface area contributed by atoms with Crippen LogP contribution in [0.5, 0.6) is 0 Å². The number of hydrogen-bond donors (Lipinski definition) is 3. The van der Waals surface area contributed by atoms with Gasteiger partial charge in [0.2, 0.25) is 0 Å². The number of amides is 1. The van der Waals surface area contributed by atoms with Crippen molar-refractivity contribution >= 4 is 34.3 Å². The Labute approximate surface area is 219 Å². The molecule has 0 fully saturated rings. The predicted molar refractivity (Wildman–Crippen MR) is 145 cm³/mol. The third kappa shape index (κ3) is 4.65. The van der Waals surface area contributed by atoms with Crippen LogP contribution in [0.2, 0.25) is 0 Å². The Morgan fingerprint density at radius 3 is 2.74 bits per heavy atom. The number of nitriles is 1. The van der Waals surface area contributed by atoms with E-state index in [1.165, 1.54) is 6.33 Å². The number of rotatable bonds is 6. The summed E-state index contributed by atoms with van der Waals surface area (Å²) in [4.78, 5) is 38.3. The number of benzene rings is 1. The molecule has 5 rings (SSSR count). The summed E-state index contributed by atoms with van der Waals surface area (Å²) in [6.45, 7) is 7.35. The molecule has 188 valence electrons. The molecule has 0 aliphatic carbocycles. The topological polar surface area (TPSA) is 145 Å². The summed E-state index contributed by atoms with van der Waals surface area (Å²) < 4.78 is 0. The van der Waals surface area contributed by atoms with E-state index in [9.17, 15) is 10.1 Å². The molecule has 0 aliphatic heterocycles. The molecule has 0 atom stereocenters. The van der Waals surface area contributed by atoms with Crippen LogP contribution >= 0.6 is 0 Å². The van der Waals surface area contributed by atoms with Crippen LogP contribution in [-0.2, 0) is 5.41 Å². The SMILES string of the molecule is Cc1nc2ncnc(-c3cccnc3Nc3cc(NC(=O)c4ccncc4C(C)(C)C#N)ccc3C)c2[nH]1. The fourth-order valence-corrected chi connectivity index (χ4v) is 4.16. The number of pyridine rings is 2. The smallest absolute Gasteiger partial charge is 0.256 e. The number of hydrogen-bond acceptors (Lipinski definition) is 8. The Morgan fingerprint density at radius 2 is 1.92 bits per heavy atom. The lowest BCUT2D eigenvalue weighted by molar-refractivity contribution is 0.102. The van der Waals surface area contributed by atoms with Crippen LogP contribution in [0.25, 0.3) is 22.4 Å². The Bertz CT molecular complexity index is 1720. The second-order valence-electron chi connectivity index (χ2n) is 9.41. The molecule has 0 radical (unpaired) electrons. The minimum atomic E-state index is -0.865. The van der Waals surface area contributed by atoms with Crippen molar-refractivity contribution in [3.05, 3.63) is 83.8 Å². The van der Waals surface area contributed by atoms with Crippen molar-refractivity contribution in [1.29, 1.82) is 5.26 Å². The molecule has 1 aromatic carbocycles. The molecule has 4 aromatic heterocycles. The third-order valence-corrected chi connectivity index (χ3v) is 6.24. The Balaban J connectivity index is 1.47. The first-order chi connectivity index (χ1) is 18.3. The van der Waals surface area contributed by atoms with Gasteiger partial charge in [0.05, 0.1) is 11.5 Å². The summed E-state index contributed by atoms with van der Waals surface area (Å²) in [5, 5.41) is 15.9. The average Bonchev–Trinajstić information content (AvgIpc) is 3.31. The van der Waals surface area contributed by atoms with Crippen molar-refractivity contribution in [2.24, 2.45) is 0 Å². The number of fused-ring (bicyclic) bond motifs is 1. The molecule has 0 spiro atoms. The highest BCUT2D eigenvalue weighted by Crippen LogP contribution is 2.33. The fraction of sp³-hybridized carbons (Fsp3) is 0.179. The van der Waals surface area contributed by atoms with E-state index in [4.69, 9.17) is 0 Å². The van der Waals surface area contributed by atoms with Gasteiger partial charge in [0.1, 0.15) is 29.2 Å². The summed E-state index contributed by atoms with van der Waals surface area (Å²) in [7, 11) is 0. The van der Waals surface area contributed by atoms with Crippen LogP contribution in [0, 0.1) is 25.2 Å². The molecule has 10 heteroatoms. The van der Waals surface area contributed by atoms with Gasteiger partial charge >= 0.3 is 0 Å². The number of anilines is 3. The molecule has 38 heavy (non-hydrogen) atoms. The first-order valence-electron chi connectivity index (χ1n) is 11.9. The minimum Gasteiger partial charge on any atom is -0.339 e. The monoisotopic (exact) mass is 503 g/mol. The Morgan fingerprint density at radius 1 is 1.08 bits per heavy atom. The molecule has 0 saturated carbocycles. The van der Waals surface area contributed by atoms with Gasteiger partial charge in [0.25, 0.3) is 5.91 Å². The van der Waals surface area contributed by atoms with Crippen LogP contribution in [-0.4, -0.2) is 35.8 Å².